The number of imide groups is 1. The zero-order chi connectivity index (χ0) is 18.4. The number of benzene rings is 1. The SMILES string of the molecule is O=C(CCC(=O)N1C(=O)CC1c1ccccc1)NCCC[Si](O)(O)O. The molecule has 1 aromatic rings. The Morgan fingerprint density at radius 2 is 1.84 bits per heavy atom. The molecule has 0 aromatic heterocycles. The number of hydrogen-bond donors (Lipinski definition) is 4. The smallest absolute Gasteiger partial charge is 0.390 e. The first-order chi connectivity index (χ1) is 11.8. The topological polar surface area (TPSA) is 127 Å². The quantitative estimate of drug-likeness (QED) is 0.284. The average Bonchev–Trinajstić information content (AvgIpc) is 2.54. The maximum Gasteiger partial charge on any atom is 0.492 e. The molecule has 8 nitrogen and oxygen atoms in total. The summed E-state index contributed by atoms with van der Waals surface area (Å²) in [7, 11) is -4.08. The highest BCUT2D eigenvalue weighted by atomic mass is 28.4. The minimum absolute atomic E-state index is 0.0515. The number of rotatable bonds is 8. The Balaban J connectivity index is 1.74. The Bertz CT molecular complexity index is 631. The van der Waals surface area contributed by atoms with E-state index in [1.165, 1.54) is 4.90 Å². The highest BCUT2D eigenvalue weighted by Gasteiger charge is 2.41. The van der Waals surface area contributed by atoms with Gasteiger partial charge in [0.1, 0.15) is 0 Å². The van der Waals surface area contributed by atoms with Crippen molar-refractivity contribution >= 4 is 26.5 Å². The Morgan fingerprint density at radius 3 is 2.44 bits per heavy atom. The van der Waals surface area contributed by atoms with Crippen molar-refractivity contribution in [3.05, 3.63) is 35.9 Å². The molecule has 0 bridgehead atoms. The normalized spacial score (nSPS) is 17.2. The van der Waals surface area contributed by atoms with Gasteiger partial charge >= 0.3 is 8.80 Å². The van der Waals surface area contributed by atoms with Crippen molar-refractivity contribution in [1.82, 2.24) is 10.2 Å². The molecule has 9 heteroatoms. The van der Waals surface area contributed by atoms with Gasteiger partial charge in [0.25, 0.3) is 0 Å². The standard InChI is InChI=1S/C16H22N2O6Si/c19-14(17-9-4-10-25(22,23)24)7-8-15(20)18-13(11-16(18)21)12-5-2-1-3-6-12/h1-3,5-6,13,22-24H,4,7-11H2,(H,17,19). The first-order valence-corrected chi connectivity index (χ1v) is 10.2. The van der Waals surface area contributed by atoms with E-state index in [9.17, 15) is 14.4 Å². The van der Waals surface area contributed by atoms with E-state index in [4.69, 9.17) is 14.4 Å². The summed E-state index contributed by atoms with van der Waals surface area (Å²) in [4.78, 5) is 63.4. The Labute approximate surface area is 146 Å². The number of hydrogen-bond acceptors (Lipinski definition) is 6. The summed E-state index contributed by atoms with van der Waals surface area (Å²) in [6, 6.07) is 8.84. The minimum atomic E-state index is -4.08. The van der Waals surface area contributed by atoms with Crippen molar-refractivity contribution in [1.29, 1.82) is 0 Å². The predicted molar refractivity (Wildman–Crippen MR) is 89.7 cm³/mol. The predicted octanol–water partition coefficient (Wildman–Crippen LogP) is -0.311. The number of likely N-dealkylation sites (tertiary alicyclic amines) is 1. The van der Waals surface area contributed by atoms with E-state index >= 15 is 0 Å². The minimum Gasteiger partial charge on any atom is -0.390 e. The lowest BCUT2D eigenvalue weighted by atomic mass is 9.93. The molecule has 1 aliphatic heterocycles. The van der Waals surface area contributed by atoms with Crippen LogP contribution in [0.2, 0.25) is 6.04 Å². The van der Waals surface area contributed by atoms with Gasteiger partial charge in [0.15, 0.2) is 0 Å². The molecule has 1 fully saturated rings. The van der Waals surface area contributed by atoms with E-state index in [0.717, 1.165) is 5.56 Å². The second kappa shape index (κ2) is 8.34. The summed E-state index contributed by atoms with van der Waals surface area (Å²) in [6.07, 6.45) is 0.400. The monoisotopic (exact) mass is 366 g/mol. The van der Waals surface area contributed by atoms with Crippen LogP contribution in [0.15, 0.2) is 30.3 Å². The van der Waals surface area contributed by atoms with Crippen LogP contribution in [0.1, 0.15) is 37.3 Å². The third kappa shape index (κ3) is 5.75. The van der Waals surface area contributed by atoms with Gasteiger partial charge in [-0.25, -0.2) is 0 Å². The van der Waals surface area contributed by atoms with Crippen LogP contribution in [0.25, 0.3) is 0 Å². The fourth-order valence-electron chi connectivity index (χ4n) is 2.65. The summed E-state index contributed by atoms with van der Waals surface area (Å²) < 4.78 is 0. The van der Waals surface area contributed by atoms with Crippen LogP contribution >= 0.6 is 0 Å². The van der Waals surface area contributed by atoms with Crippen LogP contribution in [0.3, 0.4) is 0 Å². The zero-order valence-corrected chi connectivity index (χ0v) is 14.7. The van der Waals surface area contributed by atoms with Crippen LogP contribution in [-0.2, 0) is 14.4 Å². The van der Waals surface area contributed by atoms with Crippen LogP contribution in [0.4, 0.5) is 0 Å². The Morgan fingerprint density at radius 1 is 1.16 bits per heavy atom. The van der Waals surface area contributed by atoms with Gasteiger partial charge in [0.2, 0.25) is 17.7 Å². The summed E-state index contributed by atoms with van der Waals surface area (Å²) in [5.74, 6) is -0.985. The Kier molecular flexibility index (Phi) is 6.43. The van der Waals surface area contributed by atoms with Crippen LogP contribution in [0.5, 0.6) is 0 Å². The van der Waals surface area contributed by atoms with E-state index < -0.39 is 8.80 Å². The van der Waals surface area contributed by atoms with E-state index in [-0.39, 0.29) is 62.0 Å². The van der Waals surface area contributed by atoms with Gasteiger partial charge in [-0.3, -0.25) is 19.3 Å². The molecule has 0 saturated carbocycles. The van der Waals surface area contributed by atoms with Crippen molar-refractivity contribution in [2.45, 2.75) is 37.8 Å². The van der Waals surface area contributed by atoms with Crippen molar-refractivity contribution < 1.29 is 28.8 Å². The fourth-order valence-corrected chi connectivity index (χ4v) is 3.31. The second-order valence-electron chi connectivity index (χ2n) is 6.02. The average molecular weight is 366 g/mol. The van der Waals surface area contributed by atoms with Crippen LogP contribution in [0, 0.1) is 0 Å². The summed E-state index contributed by atoms with van der Waals surface area (Å²) in [5.41, 5.74) is 0.893. The molecule has 0 radical (unpaired) electrons. The molecular formula is C16H22N2O6Si. The molecular weight excluding hydrogens is 344 g/mol. The van der Waals surface area contributed by atoms with Crippen molar-refractivity contribution in [3.63, 3.8) is 0 Å². The lowest BCUT2D eigenvalue weighted by Gasteiger charge is -2.39. The van der Waals surface area contributed by atoms with Gasteiger partial charge in [0, 0.05) is 25.4 Å². The van der Waals surface area contributed by atoms with Gasteiger partial charge < -0.3 is 19.7 Å². The first kappa shape index (κ1) is 19.3. The molecule has 0 spiro atoms. The summed E-state index contributed by atoms with van der Waals surface area (Å²) in [6.45, 7) is 0.179. The number of amides is 3. The lowest BCUT2D eigenvalue weighted by molar-refractivity contribution is -0.159. The number of β-lactam (4-membered cyclic amide) rings is 1. The molecule has 1 aromatic carbocycles. The molecule has 2 rings (SSSR count). The number of nitrogens with zero attached hydrogens (tertiary/aromatic N) is 1. The maximum absolute atomic E-state index is 12.2. The molecule has 1 atom stereocenters. The van der Waals surface area contributed by atoms with Gasteiger partial charge in [-0.1, -0.05) is 30.3 Å². The third-order valence-electron chi connectivity index (χ3n) is 3.98. The molecule has 1 aliphatic rings. The van der Waals surface area contributed by atoms with E-state index in [0.29, 0.717) is 0 Å². The molecule has 0 aliphatic carbocycles. The number of carbonyl (C=O) groups excluding carboxylic acids is 3. The largest absolute Gasteiger partial charge is 0.492 e. The summed E-state index contributed by atoms with van der Waals surface area (Å²) >= 11 is 0. The first-order valence-electron chi connectivity index (χ1n) is 8.11. The van der Waals surface area contributed by atoms with E-state index in [1.54, 1.807) is 0 Å². The molecule has 1 heterocycles. The second-order valence-corrected chi connectivity index (χ2v) is 8.06. The van der Waals surface area contributed by atoms with E-state index in [1.807, 2.05) is 30.3 Å². The van der Waals surface area contributed by atoms with Gasteiger partial charge in [-0.05, 0) is 12.0 Å². The van der Waals surface area contributed by atoms with Gasteiger partial charge in [-0.2, -0.15) is 0 Å². The highest BCUT2D eigenvalue weighted by Crippen LogP contribution is 2.34. The van der Waals surface area contributed by atoms with Crippen LogP contribution < -0.4 is 5.32 Å². The molecule has 1 saturated heterocycles. The molecule has 25 heavy (non-hydrogen) atoms. The van der Waals surface area contributed by atoms with E-state index in [2.05, 4.69) is 5.32 Å². The highest BCUT2D eigenvalue weighted by molar-refractivity contribution is 6.56. The maximum atomic E-state index is 12.2. The lowest BCUT2D eigenvalue weighted by Crippen LogP contribution is -2.50. The molecule has 1 unspecified atom stereocenters. The zero-order valence-electron chi connectivity index (χ0n) is 13.7. The summed E-state index contributed by atoms with van der Waals surface area (Å²) in [5, 5.41) is 2.53. The molecule has 3 amide bonds. The van der Waals surface area contributed by atoms with Gasteiger partial charge in [0.05, 0.1) is 12.5 Å². The fraction of sp³-hybridized carbons (Fsp3) is 0.438. The third-order valence-corrected chi connectivity index (χ3v) is 5.00. The van der Waals surface area contributed by atoms with Gasteiger partial charge in [-0.15, -0.1) is 0 Å². The van der Waals surface area contributed by atoms with Crippen LogP contribution in [-0.4, -0.2) is 52.4 Å². The van der Waals surface area contributed by atoms with Crippen molar-refractivity contribution in [3.8, 4) is 0 Å². The molecule has 136 valence electrons. The Hall–Kier alpha value is -2.07. The number of nitrogens with one attached hydrogen (secondary N) is 1. The van der Waals surface area contributed by atoms with Crippen molar-refractivity contribution in [2.24, 2.45) is 0 Å². The molecule has 4 N–H and O–H groups in total. The number of carbonyl (C=O) groups is 3. The van der Waals surface area contributed by atoms with Crippen molar-refractivity contribution in [2.75, 3.05) is 6.54 Å².